The minimum atomic E-state index is -3.72. The van der Waals surface area contributed by atoms with Crippen LogP contribution in [0.15, 0.2) is 36.9 Å². The lowest BCUT2D eigenvalue weighted by atomic mass is 10.2. The largest absolute Gasteiger partial charge is 0.553 e. The summed E-state index contributed by atoms with van der Waals surface area (Å²) in [4.78, 5) is 0. The van der Waals surface area contributed by atoms with Crippen LogP contribution in [0.4, 0.5) is 0 Å². The fourth-order valence-corrected chi connectivity index (χ4v) is 25.0. The third-order valence-corrected chi connectivity index (χ3v) is 21.9. The summed E-state index contributed by atoms with van der Waals surface area (Å²) < 4.78 is 71.0. The van der Waals surface area contributed by atoms with Crippen molar-refractivity contribution in [3.05, 3.63) is 42.5 Å². The second kappa shape index (κ2) is 7.42. The maximum atomic E-state index is 6.21. The second-order valence-corrected chi connectivity index (χ2v) is 20.4. The zero-order valence-electron chi connectivity index (χ0n) is 13.5. The Morgan fingerprint density at radius 3 is 1.32 bits per heavy atom. The van der Waals surface area contributed by atoms with Gasteiger partial charge < -0.3 is 49.4 Å². The lowest BCUT2D eigenvalue weighted by Gasteiger charge is -2.45. The van der Waals surface area contributed by atoms with Crippen LogP contribution in [0, 0.1) is 0 Å². The molecule has 0 aliphatic carbocycles. The molecule has 1 aromatic carbocycles. The molecule has 0 amide bonds. The van der Waals surface area contributed by atoms with E-state index < -0.39 is 75.5 Å². The van der Waals surface area contributed by atoms with E-state index in [-0.39, 0.29) is 0 Å². The van der Waals surface area contributed by atoms with E-state index in [0.717, 1.165) is 5.56 Å². The van der Waals surface area contributed by atoms with Crippen molar-refractivity contribution in [2.24, 2.45) is 0 Å². The van der Waals surface area contributed by atoms with E-state index in [1.807, 2.05) is 30.3 Å². The third kappa shape index (κ3) is 3.48. The number of hydrogen-bond donors (Lipinski definition) is 0. The zero-order valence-corrected chi connectivity index (χ0v) is 21.5. The molecule has 0 saturated carbocycles. The Kier molecular flexibility index (Phi) is 5.02. The summed E-state index contributed by atoms with van der Waals surface area (Å²) in [5.74, 6) is 0. The second-order valence-electron chi connectivity index (χ2n) is 5.38. The smallest absolute Gasteiger partial charge is 0.369 e. The summed E-state index contributed by atoms with van der Waals surface area (Å²) in [5, 5.41) is 0.496. The van der Waals surface area contributed by atoms with Crippen molar-refractivity contribution in [3.63, 3.8) is 0 Å². The third-order valence-electron chi connectivity index (χ3n) is 3.64. The van der Waals surface area contributed by atoms with E-state index in [0.29, 0.717) is 5.20 Å². The molecule has 6 aliphatic rings. The highest BCUT2D eigenvalue weighted by Gasteiger charge is 2.66. The highest BCUT2D eigenvalue weighted by Crippen LogP contribution is 2.36. The molecule has 1 aromatic rings. The molecule has 0 unspecified atom stereocenters. The number of benzene rings is 1. The van der Waals surface area contributed by atoms with Gasteiger partial charge in [0.25, 0.3) is 0 Å². The normalized spacial score (nSPS) is 30.0. The van der Waals surface area contributed by atoms with Gasteiger partial charge in [0, 0.05) is 5.20 Å². The SMILES string of the molecule is C=C(c1ccccc1)[Si]12O[Si]3O[Si]4O[Si]5O[Si](O3)O[Si](O[Si](O5)O[Si](O4)O1)O2. The summed E-state index contributed by atoms with van der Waals surface area (Å²) in [6.07, 6.45) is 0. The summed E-state index contributed by atoms with van der Waals surface area (Å²) in [6, 6.07) is 9.38. The van der Waals surface area contributed by atoms with Gasteiger partial charge in [0.05, 0.1) is 0 Å². The highest BCUT2D eigenvalue weighted by atomic mass is 28.6. The lowest BCUT2D eigenvalue weighted by molar-refractivity contribution is 0.0353. The van der Waals surface area contributed by atoms with Crippen LogP contribution in [0.25, 0.3) is 5.20 Å². The van der Waals surface area contributed by atoms with Gasteiger partial charge in [0.1, 0.15) is 0 Å². The van der Waals surface area contributed by atoms with E-state index in [2.05, 4.69) is 6.58 Å². The Morgan fingerprint density at radius 2 is 0.929 bits per heavy atom. The van der Waals surface area contributed by atoms with E-state index in [4.69, 9.17) is 49.4 Å². The standard InChI is InChI=1S/C8H7O12Si8/c1-7(8-5-3-2-4-6-8)28-18-25-12-22-9-21-10-23(14-25)16-27(20-28)17-24(11-21)15-26(13-22)19-28/h2-6H,1H2. The summed E-state index contributed by atoms with van der Waals surface area (Å²) in [7, 11) is -20.3. The predicted molar refractivity (Wildman–Crippen MR) is 94.5 cm³/mol. The minimum absolute atomic E-state index is 0.496. The average Bonchev–Trinajstić information content (AvgIpc) is 2.57. The Hall–Kier alpha value is 0.215. The van der Waals surface area contributed by atoms with Crippen molar-refractivity contribution < 1.29 is 49.4 Å². The van der Waals surface area contributed by atoms with E-state index in [1.54, 1.807) is 0 Å². The molecular formula is C8H7O12Si8. The van der Waals surface area contributed by atoms with E-state index in [1.165, 1.54) is 0 Å². The molecule has 0 N–H and O–H groups in total. The molecule has 28 heavy (non-hydrogen) atoms. The molecule has 6 fully saturated rings. The van der Waals surface area contributed by atoms with Crippen molar-refractivity contribution >= 4 is 80.7 Å². The molecule has 8 bridgehead atoms. The molecule has 143 valence electrons. The molecule has 7 rings (SSSR count). The van der Waals surface area contributed by atoms with Gasteiger partial charge in [-0.15, -0.1) is 0 Å². The van der Waals surface area contributed by atoms with Crippen LogP contribution >= 0.6 is 0 Å². The Bertz CT molecular complexity index is 695. The predicted octanol–water partition coefficient (Wildman–Crippen LogP) is -1.66. The van der Waals surface area contributed by atoms with Gasteiger partial charge in [-0.1, -0.05) is 36.9 Å². The van der Waals surface area contributed by atoms with Gasteiger partial charge in [0.2, 0.25) is 0 Å². The fourth-order valence-electron chi connectivity index (χ4n) is 2.44. The van der Waals surface area contributed by atoms with Gasteiger partial charge in [-0.05, 0) is 5.56 Å². The van der Waals surface area contributed by atoms with Crippen molar-refractivity contribution in [2.75, 3.05) is 0 Å². The van der Waals surface area contributed by atoms with Crippen molar-refractivity contribution in [3.8, 4) is 0 Å². The maximum absolute atomic E-state index is 6.21. The Morgan fingerprint density at radius 1 is 0.571 bits per heavy atom. The highest BCUT2D eigenvalue weighted by molar-refractivity contribution is 6.94. The van der Waals surface area contributed by atoms with Crippen LogP contribution in [0.3, 0.4) is 0 Å². The molecule has 0 atom stereocenters. The van der Waals surface area contributed by atoms with Crippen LogP contribution in [-0.4, -0.2) is 75.5 Å². The molecule has 0 aromatic heterocycles. The van der Waals surface area contributed by atoms with Crippen molar-refractivity contribution in [1.29, 1.82) is 0 Å². The molecule has 20 heteroatoms. The molecule has 7 radical (unpaired) electrons. The molecular weight excluding hydrogens is 513 g/mol. The first-order valence-electron chi connectivity index (χ1n) is 7.66. The fraction of sp³-hybridized carbons (Fsp3) is 0. The van der Waals surface area contributed by atoms with Gasteiger partial charge in [-0.2, -0.15) is 0 Å². The van der Waals surface area contributed by atoms with E-state index >= 15 is 0 Å². The number of rotatable bonds is 2. The maximum Gasteiger partial charge on any atom is 0.553 e. The van der Waals surface area contributed by atoms with Crippen molar-refractivity contribution in [2.45, 2.75) is 0 Å². The zero-order chi connectivity index (χ0) is 18.7. The van der Waals surface area contributed by atoms with Crippen LogP contribution in [0.5, 0.6) is 0 Å². The summed E-state index contributed by atoms with van der Waals surface area (Å²) in [6.45, 7) is 4.17. The average molecular weight is 520 g/mol. The van der Waals surface area contributed by atoms with Crippen LogP contribution in [0.1, 0.15) is 5.56 Å². The minimum Gasteiger partial charge on any atom is -0.369 e. The first-order chi connectivity index (χ1) is 13.6. The molecule has 6 heterocycles. The van der Waals surface area contributed by atoms with Gasteiger partial charge in [0.15, 0.2) is 0 Å². The van der Waals surface area contributed by atoms with Crippen molar-refractivity contribution in [1.82, 2.24) is 0 Å². The summed E-state index contributed by atoms with van der Waals surface area (Å²) in [5.41, 5.74) is 0.773. The molecule has 6 saturated heterocycles. The quantitative estimate of drug-likeness (QED) is 0.417. The number of hydrogen-bond acceptors (Lipinski definition) is 12. The Labute approximate surface area is 172 Å². The molecule has 6 aliphatic heterocycles. The van der Waals surface area contributed by atoms with E-state index in [9.17, 15) is 0 Å². The molecule has 12 nitrogen and oxygen atoms in total. The molecule has 0 spiro atoms. The topological polar surface area (TPSA) is 111 Å². The van der Waals surface area contributed by atoms with Gasteiger partial charge in [-0.25, -0.2) is 0 Å². The van der Waals surface area contributed by atoms with Gasteiger partial charge >= 0.3 is 75.5 Å². The van der Waals surface area contributed by atoms with Crippen LogP contribution < -0.4 is 0 Å². The van der Waals surface area contributed by atoms with Crippen LogP contribution in [-0.2, 0) is 49.4 Å². The Balaban J connectivity index is 1.46. The van der Waals surface area contributed by atoms with Gasteiger partial charge in [-0.3, -0.25) is 0 Å². The van der Waals surface area contributed by atoms with Crippen LogP contribution in [0.2, 0.25) is 0 Å². The monoisotopic (exact) mass is 519 g/mol. The first-order valence-corrected chi connectivity index (χ1v) is 18.0. The first kappa shape index (κ1) is 18.9. The lowest BCUT2D eigenvalue weighted by Crippen LogP contribution is -2.72. The summed E-state index contributed by atoms with van der Waals surface area (Å²) >= 11 is 0.